The van der Waals surface area contributed by atoms with Crippen molar-refractivity contribution in [2.75, 3.05) is 26.2 Å². The van der Waals surface area contributed by atoms with E-state index in [0.29, 0.717) is 31.3 Å². The fourth-order valence-electron chi connectivity index (χ4n) is 3.97. The number of carbonyl (C=O) groups is 2. The van der Waals surface area contributed by atoms with Crippen molar-refractivity contribution in [2.45, 2.75) is 44.6 Å². The van der Waals surface area contributed by atoms with Crippen LogP contribution in [0, 0.1) is 5.92 Å². The lowest BCUT2D eigenvalue weighted by Gasteiger charge is -2.47. The van der Waals surface area contributed by atoms with Gasteiger partial charge in [0.05, 0.1) is 0 Å². The van der Waals surface area contributed by atoms with Gasteiger partial charge in [-0.25, -0.2) is 0 Å². The summed E-state index contributed by atoms with van der Waals surface area (Å²) in [5.74, 6) is 0.950. The number of piperidine rings is 2. The molecule has 1 aromatic heterocycles. The lowest BCUT2D eigenvalue weighted by Crippen LogP contribution is -2.57. The zero-order chi connectivity index (χ0) is 16.9. The molecule has 2 fully saturated rings. The Morgan fingerprint density at radius 2 is 2.20 bits per heavy atom. The molecule has 2 aliphatic heterocycles. The van der Waals surface area contributed by atoms with Crippen molar-refractivity contribution in [1.29, 1.82) is 0 Å². The molecule has 3 heterocycles. The third-order valence-electron chi connectivity index (χ3n) is 5.31. The molecule has 0 radical (unpaired) electrons. The molecule has 0 unspecified atom stereocenters. The maximum Gasteiger partial charge on any atom is 0.222 e. The number of aryl methyl sites for hydroxylation is 1. The summed E-state index contributed by atoms with van der Waals surface area (Å²) in [5.41, 5.74) is 6.85. The smallest absolute Gasteiger partial charge is 0.222 e. The highest BCUT2D eigenvalue weighted by atomic mass is 35.5. The molecule has 2 aliphatic rings. The number of hydrogen-bond acceptors (Lipinski definition) is 4. The van der Waals surface area contributed by atoms with Crippen LogP contribution < -0.4 is 5.73 Å². The second-order valence-corrected chi connectivity index (χ2v) is 7.64. The summed E-state index contributed by atoms with van der Waals surface area (Å²) in [6.45, 7) is 2.96. The minimum atomic E-state index is 0. The fraction of sp³-hybridized carbons (Fsp3) is 0.667. The molecule has 5 nitrogen and oxygen atoms in total. The summed E-state index contributed by atoms with van der Waals surface area (Å²) in [4.78, 5) is 28.8. The zero-order valence-electron chi connectivity index (χ0n) is 14.6. The highest BCUT2D eigenvalue weighted by molar-refractivity contribution is 7.07. The standard InChI is InChI=1S/C18H27N3O2S.ClH/c19-8-1-9-21-16-6-10-20(12-15(16)3-5-18(21)23)17(22)4-2-14-7-11-24-13-14;/h7,11,13,15-16H,1-6,8-10,12,19H2;1H/t15-,16+;/m0./s1. The summed E-state index contributed by atoms with van der Waals surface area (Å²) in [6, 6.07) is 2.39. The number of halogens is 1. The molecule has 3 rings (SSSR count). The Kier molecular flexibility index (Phi) is 7.72. The maximum absolute atomic E-state index is 12.5. The first-order valence-electron chi connectivity index (χ1n) is 8.97. The van der Waals surface area contributed by atoms with Crippen molar-refractivity contribution in [3.8, 4) is 0 Å². The first kappa shape index (κ1) is 20.2. The highest BCUT2D eigenvalue weighted by Crippen LogP contribution is 2.31. The number of nitrogens with zero attached hydrogens (tertiary/aromatic N) is 2. The van der Waals surface area contributed by atoms with E-state index >= 15 is 0 Å². The van der Waals surface area contributed by atoms with Crippen LogP contribution in [0.25, 0.3) is 0 Å². The number of amides is 2. The molecular weight excluding hydrogens is 358 g/mol. The van der Waals surface area contributed by atoms with Gasteiger partial charge >= 0.3 is 0 Å². The normalized spacial score (nSPS) is 23.2. The minimum absolute atomic E-state index is 0. The van der Waals surface area contributed by atoms with Crippen LogP contribution in [-0.4, -0.2) is 53.8 Å². The van der Waals surface area contributed by atoms with Gasteiger partial charge in [0.2, 0.25) is 11.8 Å². The predicted molar refractivity (Wildman–Crippen MR) is 103 cm³/mol. The second-order valence-electron chi connectivity index (χ2n) is 6.86. The molecule has 0 spiro atoms. The first-order chi connectivity index (χ1) is 11.7. The minimum Gasteiger partial charge on any atom is -0.342 e. The zero-order valence-corrected chi connectivity index (χ0v) is 16.2. The van der Waals surface area contributed by atoms with E-state index in [0.717, 1.165) is 45.3 Å². The van der Waals surface area contributed by atoms with Gasteiger partial charge in [0.25, 0.3) is 0 Å². The molecule has 25 heavy (non-hydrogen) atoms. The van der Waals surface area contributed by atoms with Crippen molar-refractivity contribution in [3.63, 3.8) is 0 Å². The van der Waals surface area contributed by atoms with Crippen molar-refractivity contribution in [3.05, 3.63) is 22.4 Å². The van der Waals surface area contributed by atoms with Gasteiger partial charge in [-0.15, -0.1) is 12.4 Å². The molecule has 140 valence electrons. The maximum atomic E-state index is 12.5. The van der Waals surface area contributed by atoms with Gasteiger partial charge in [-0.05, 0) is 60.5 Å². The molecular formula is C18H28ClN3O2S. The van der Waals surface area contributed by atoms with Gasteiger partial charge in [-0.2, -0.15) is 11.3 Å². The summed E-state index contributed by atoms with van der Waals surface area (Å²) >= 11 is 1.68. The van der Waals surface area contributed by atoms with Crippen molar-refractivity contribution >= 4 is 35.6 Å². The Morgan fingerprint density at radius 3 is 2.92 bits per heavy atom. The van der Waals surface area contributed by atoms with Crippen molar-refractivity contribution in [1.82, 2.24) is 9.80 Å². The molecule has 1 aromatic rings. The van der Waals surface area contributed by atoms with Crippen LogP contribution in [0.5, 0.6) is 0 Å². The lowest BCUT2D eigenvalue weighted by molar-refractivity contribution is -0.144. The Hall–Kier alpha value is -1.11. The van der Waals surface area contributed by atoms with Crippen LogP contribution in [0.2, 0.25) is 0 Å². The van der Waals surface area contributed by atoms with Crippen LogP contribution in [0.15, 0.2) is 16.8 Å². The van der Waals surface area contributed by atoms with E-state index in [9.17, 15) is 9.59 Å². The molecule has 7 heteroatoms. The number of rotatable bonds is 6. The first-order valence-corrected chi connectivity index (χ1v) is 9.91. The third kappa shape index (κ3) is 4.96. The van der Waals surface area contributed by atoms with E-state index in [2.05, 4.69) is 16.8 Å². The largest absolute Gasteiger partial charge is 0.342 e. The summed E-state index contributed by atoms with van der Waals surface area (Å²) in [7, 11) is 0. The molecule has 2 amide bonds. The van der Waals surface area contributed by atoms with Crippen LogP contribution in [0.3, 0.4) is 0 Å². The number of carbonyl (C=O) groups excluding carboxylic acids is 2. The van der Waals surface area contributed by atoms with E-state index in [1.807, 2.05) is 9.80 Å². The van der Waals surface area contributed by atoms with Crippen LogP contribution in [-0.2, 0) is 16.0 Å². The Morgan fingerprint density at radius 1 is 1.36 bits per heavy atom. The summed E-state index contributed by atoms with van der Waals surface area (Å²) in [6.07, 6.45) is 4.71. The lowest BCUT2D eigenvalue weighted by atomic mass is 9.83. The van der Waals surface area contributed by atoms with Crippen LogP contribution in [0.1, 0.15) is 37.7 Å². The van der Waals surface area contributed by atoms with Crippen molar-refractivity contribution < 1.29 is 9.59 Å². The fourth-order valence-corrected chi connectivity index (χ4v) is 4.68. The second kappa shape index (κ2) is 9.55. The number of hydrogen-bond donors (Lipinski definition) is 1. The molecule has 2 atom stereocenters. The third-order valence-corrected chi connectivity index (χ3v) is 6.04. The predicted octanol–water partition coefficient (Wildman–Crippen LogP) is 2.29. The SMILES string of the molecule is Cl.NCCCN1C(=O)CC[C@H]2CN(C(=O)CCc3ccsc3)CC[C@H]21. The van der Waals surface area contributed by atoms with E-state index in [1.165, 1.54) is 5.56 Å². The molecule has 0 saturated carbocycles. The van der Waals surface area contributed by atoms with Crippen molar-refractivity contribution in [2.24, 2.45) is 11.7 Å². The Balaban J connectivity index is 0.00000225. The Bertz CT molecular complexity index is 567. The van der Waals surface area contributed by atoms with E-state index in [4.69, 9.17) is 5.73 Å². The average Bonchev–Trinajstić information content (AvgIpc) is 3.12. The molecule has 0 bridgehead atoms. The van der Waals surface area contributed by atoms with E-state index in [1.54, 1.807) is 11.3 Å². The average molecular weight is 386 g/mol. The highest BCUT2D eigenvalue weighted by Gasteiger charge is 2.39. The summed E-state index contributed by atoms with van der Waals surface area (Å²) < 4.78 is 0. The molecule has 0 aliphatic carbocycles. The van der Waals surface area contributed by atoms with E-state index in [-0.39, 0.29) is 24.2 Å². The van der Waals surface area contributed by atoms with Gasteiger partial charge in [0.15, 0.2) is 0 Å². The topological polar surface area (TPSA) is 66.6 Å². The van der Waals surface area contributed by atoms with Gasteiger partial charge in [-0.3, -0.25) is 9.59 Å². The summed E-state index contributed by atoms with van der Waals surface area (Å²) in [5, 5.41) is 4.17. The Labute approximate surface area is 160 Å². The van der Waals surface area contributed by atoms with Crippen LogP contribution in [0.4, 0.5) is 0 Å². The number of thiophene rings is 1. The van der Waals surface area contributed by atoms with Crippen LogP contribution >= 0.6 is 23.7 Å². The molecule has 2 N–H and O–H groups in total. The number of nitrogens with two attached hydrogens (primary N) is 1. The molecule has 2 saturated heterocycles. The van der Waals surface area contributed by atoms with E-state index < -0.39 is 0 Å². The number of likely N-dealkylation sites (tertiary alicyclic amines) is 2. The van der Waals surface area contributed by atoms with Gasteiger partial charge in [0, 0.05) is 38.5 Å². The quantitative estimate of drug-likeness (QED) is 0.816. The number of fused-ring (bicyclic) bond motifs is 1. The van der Waals surface area contributed by atoms with Gasteiger partial charge < -0.3 is 15.5 Å². The molecule has 0 aromatic carbocycles. The van der Waals surface area contributed by atoms with Gasteiger partial charge in [0.1, 0.15) is 0 Å². The van der Waals surface area contributed by atoms with Gasteiger partial charge in [-0.1, -0.05) is 0 Å². The monoisotopic (exact) mass is 385 g/mol.